The highest BCUT2D eigenvalue weighted by Crippen LogP contribution is 2.40. The molecule has 0 spiro atoms. The van der Waals surface area contributed by atoms with Crippen LogP contribution >= 0.6 is 0 Å². The lowest BCUT2D eigenvalue weighted by atomic mass is 9.94. The first-order valence-corrected chi connectivity index (χ1v) is 36.9. The smallest absolute Gasteiger partial charge is 0.335 e. The molecular weight excluding hydrogens is 1610 g/mol. The Labute approximate surface area is 608 Å². The summed E-state index contributed by atoms with van der Waals surface area (Å²) in [6, 6.07) is -10.1. The maximum absolute atomic E-state index is 13.0. The van der Waals surface area contributed by atoms with Gasteiger partial charge in [-0.25, -0.2) is 19.2 Å². The highest BCUT2D eigenvalue weighted by atomic mass is 32.2. The summed E-state index contributed by atoms with van der Waals surface area (Å²) >= 11 is 0. The van der Waals surface area contributed by atoms with Crippen LogP contribution in [-0.4, -0.2) is 460 Å². The van der Waals surface area contributed by atoms with Gasteiger partial charge in [0.25, 0.3) is 0 Å². The number of nitrogens with one attached hydrogen (secondary N) is 4. The van der Waals surface area contributed by atoms with Gasteiger partial charge in [-0.15, -0.1) is 0 Å². The zero-order valence-corrected chi connectivity index (χ0v) is 57.5. The lowest BCUT2D eigenvalue weighted by molar-refractivity contribution is -0.381. The molecule has 0 aromatic heterocycles. The zero-order valence-electron chi connectivity index (χ0n) is 54.2. The Balaban J connectivity index is 0.971. The fourth-order valence-electron chi connectivity index (χ4n) is 12.6. The summed E-state index contributed by atoms with van der Waals surface area (Å²) < 4.78 is 223. The number of carbonyl (C=O) groups is 4. The van der Waals surface area contributed by atoms with E-state index < -0.39 is 337 Å². The summed E-state index contributed by atoms with van der Waals surface area (Å²) in [4.78, 5) is 50.3. The average Bonchev–Trinajstić information content (AvgIpc) is 0.767. The number of ether oxygens (including phenoxy) is 15. The average molecular weight is 1690 g/mol. The predicted molar refractivity (Wildman–Crippen MR) is 316 cm³/mol. The van der Waals surface area contributed by atoms with Gasteiger partial charge in [-0.2, -0.15) is 52.6 Å². The van der Waals surface area contributed by atoms with Crippen LogP contribution in [0.4, 0.5) is 0 Å². The quantitative estimate of drug-likeness (QED) is 0.0297. The number of aliphatic hydroxyl groups is 18. The van der Waals surface area contributed by atoms with Crippen LogP contribution in [0, 0.1) is 0 Å². The number of aliphatic carboxylic acids is 4. The number of hydrogen-bond donors (Lipinski definition) is 30. The van der Waals surface area contributed by atoms with Crippen molar-refractivity contribution in [2.45, 2.75) is 245 Å². The van der Waals surface area contributed by atoms with Crippen LogP contribution in [0.25, 0.3) is 0 Å². The Morgan fingerprint density at radius 1 is 0.257 bits per heavy atom. The third-order valence-corrected chi connectivity index (χ3v) is 20.1. The van der Waals surface area contributed by atoms with Crippen LogP contribution in [0.2, 0.25) is 0 Å². The first-order chi connectivity index (χ1) is 50.5. The molecule has 30 N–H and O–H groups in total. The van der Waals surface area contributed by atoms with Crippen LogP contribution in [0.15, 0.2) is 0 Å². The van der Waals surface area contributed by atoms with Crippen molar-refractivity contribution in [1.29, 1.82) is 0 Å². The molecule has 8 aliphatic heterocycles. The minimum Gasteiger partial charge on any atom is -0.479 e. The maximum atomic E-state index is 13.0. The number of carboxylic acids is 4. The van der Waals surface area contributed by atoms with Crippen LogP contribution < -0.4 is 18.9 Å². The highest BCUT2D eigenvalue weighted by Gasteiger charge is 2.62. The molecule has 0 bridgehead atoms. The van der Waals surface area contributed by atoms with Gasteiger partial charge in [0.1, 0.15) is 171 Å². The van der Waals surface area contributed by atoms with E-state index in [1.54, 1.807) is 0 Å². The molecule has 0 aromatic rings. The van der Waals surface area contributed by atoms with Crippen LogP contribution in [0.3, 0.4) is 0 Å². The van der Waals surface area contributed by atoms with E-state index in [4.69, 9.17) is 71.1 Å². The molecule has 8 saturated heterocycles. The van der Waals surface area contributed by atoms with E-state index in [1.807, 2.05) is 0 Å². The minimum absolute atomic E-state index is 1.19. The van der Waals surface area contributed by atoms with Crippen LogP contribution in [-0.2, 0) is 131 Å². The van der Waals surface area contributed by atoms with Crippen molar-refractivity contribution in [2.24, 2.45) is 0 Å². The summed E-state index contributed by atoms with van der Waals surface area (Å²) in [5.41, 5.74) is 0. The number of aliphatic hydroxyl groups excluding tert-OH is 18. The van der Waals surface area contributed by atoms with Gasteiger partial charge in [0.15, 0.2) is 74.7 Å². The van der Waals surface area contributed by atoms with Gasteiger partial charge in [-0.1, -0.05) is 0 Å². The molecule has 8 fully saturated rings. The summed E-state index contributed by atoms with van der Waals surface area (Å²) in [7, 11) is -22.3. The van der Waals surface area contributed by atoms with Gasteiger partial charge in [0.2, 0.25) is 0 Å². The summed E-state index contributed by atoms with van der Waals surface area (Å²) in [6.45, 7) is -5.53. The Bertz CT molecular complexity index is 3580. The van der Waals surface area contributed by atoms with E-state index in [9.17, 15) is 183 Å². The molecule has 8 rings (SSSR count). The van der Waals surface area contributed by atoms with Crippen molar-refractivity contribution in [3.63, 3.8) is 0 Å². The Morgan fingerprint density at radius 2 is 0.468 bits per heavy atom. The Morgan fingerprint density at radius 3 is 0.706 bits per heavy atom. The largest absolute Gasteiger partial charge is 0.479 e. The van der Waals surface area contributed by atoms with Gasteiger partial charge >= 0.3 is 65.1 Å². The lowest BCUT2D eigenvalue weighted by Crippen LogP contribution is -2.71. The molecule has 0 amide bonds. The molecule has 57 nitrogen and oxygen atoms in total. The molecule has 8 aliphatic rings. The summed E-state index contributed by atoms with van der Waals surface area (Å²) in [5, 5.41) is 237. The second-order valence-electron chi connectivity index (χ2n) is 25.0. The standard InChI is InChI=1S/C48H78N4O53S4/c53-1-5-26(13(57)9(41(78)91-5)49-106(79,80)81)95-46-23(67)19(63)30(34(103-46)38(72)73)99-43-11(51-108(85,86)87)15(59)28(7(3-55)93-43)97-48-25(69)21(65)32(36(105-48)40(76)77)101-44-12(52-109(88,89)90)16(60)29(8(4-56)94-44)98-47-24(68)20(64)31(35(104-47)39(74)75)100-42-10(50-107(82,83)84)14(58)27(6(2-54)92-42)96-45-22(66)17(61)18(62)33(102-45)37(70)71/h5-36,41-69,78H,1-4H2,(H,70,71)(H,72,73)(H,74,75)(H,76,77)(H,79,80,81)(H,82,83,84)(H,85,86,87)(H,88,89,90)/t5-,6-,7-,8-,9-,10-,11-,12-,13-,14-,15-,16-,17+,18+,19-,20-,21-,22-,23-,24-,25-,26-,27-,28-,29-,30+,31+,32+,33-,34-,35-,36-,41+,42-,43-,44-,45-,46-,47-,48-/m1/s1. The molecule has 0 radical (unpaired) electrons. The fourth-order valence-corrected chi connectivity index (χ4v) is 15.0. The lowest BCUT2D eigenvalue weighted by Gasteiger charge is -2.50. The van der Waals surface area contributed by atoms with Gasteiger partial charge in [0.05, 0.1) is 26.4 Å². The topological polar surface area (TPSA) is 917 Å². The molecule has 109 heavy (non-hydrogen) atoms. The molecule has 8 heterocycles. The van der Waals surface area contributed by atoms with Crippen molar-refractivity contribution in [2.75, 3.05) is 26.4 Å². The molecule has 0 saturated carbocycles. The molecule has 61 heteroatoms. The second-order valence-corrected chi connectivity index (χ2v) is 29.8. The van der Waals surface area contributed by atoms with Crippen molar-refractivity contribution < 1.29 is 254 Å². The van der Waals surface area contributed by atoms with Gasteiger partial charge in [-0.05, 0) is 0 Å². The zero-order chi connectivity index (χ0) is 81.7. The Hall–Kier alpha value is -3.96. The van der Waals surface area contributed by atoms with E-state index in [-0.39, 0.29) is 0 Å². The molecule has 632 valence electrons. The van der Waals surface area contributed by atoms with Gasteiger partial charge < -0.3 is 183 Å². The summed E-state index contributed by atoms with van der Waals surface area (Å²) in [5.74, 6) is -8.61. The highest BCUT2D eigenvalue weighted by molar-refractivity contribution is 7.84. The van der Waals surface area contributed by atoms with Crippen molar-refractivity contribution in [3.05, 3.63) is 0 Å². The molecule has 0 aromatic carbocycles. The maximum Gasteiger partial charge on any atom is 0.335 e. The normalized spacial score (nSPS) is 46.4. The number of carboxylic acid groups (broad SMARTS) is 4. The van der Waals surface area contributed by atoms with E-state index in [1.165, 1.54) is 18.9 Å². The number of hydrogen-bond acceptors (Lipinski definition) is 45. The third-order valence-electron chi connectivity index (χ3n) is 17.8. The fraction of sp³-hybridized carbons (Fsp3) is 0.917. The molecule has 0 aliphatic carbocycles. The van der Waals surface area contributed by atoms with Crippen molar-refractivity contribution in [1.82, 2.24) is 18.9 Å². The minimum atomic E-state index is -5.76. The number of rotatable bonds is 30. The van der Waals surface area contributed by atoms with Gasteiger partial charge in [-0.3, -0.25) is 18.2 Å². The van der Waals surface area contributed by atoms with E-state index in [0.717, 1.165) is 0 Å². The third kappa shape index (κ3) is 20.8. The van der Waals surface area contributed by atoms with E-state index in [2.05, 4.69) is 0 Å². The van der Waals surface area contributed by atoms with E-state index >= 15 is 0 Å². The molecule has 0 unspecified atom stereocenters. The Kier molecular flexibility index (Phi) is 30.0. The van der Waals surface area contributed by atoms with Crippen LogP contribution in [0.5, 0.6) is 0 Å². The molecule has 40 atom stereocenters. The van der Waals surface area contributed by atoms with Gasteiger partial charge in [0, 0.05) is 0 Å². The van der Waals surface area contributed by atoms with Crippen molar-refractivity contribution >= 4 is 65.1 Å². The first kappa shape index (κ1) is 90.6. The van der Waals surface area contributed by atoms with E-state index in [0.29, 0.717) is 0 Å². The van der Waals surface area contributed by atoms with Crippen LogP contribution in [0.1, 0.15) is 0 Å². The predicted octanol–water partition coefficient (Wildman–Crippen LogP) is -20.5. The summed E-state index contributed by atoms with van der Waals surface area (Å²) in [6.07, 6.45) is -91.4. The first-order valence-electron chi connectivity index (χ1n) is 31.2. The monoisotopic (exact) mass is 1690 g/mol. The SMILES string of the molecule is O=C(O)[C@@H]1O[C@@H](O[C@H]2[C@H](O)[C@@H](NS(=O)(=O)O)[C@@H](O[C@H]3[C@H](O)[C@@H](O)[C@H](O[C@H]4[C@H](O)[C@@H](NS(=O)(=O)O)[C@@H](O[C@H]5[C@H](O)[C@@H](O)[C@H](O[C@H]6[C@H](O)[C@@H](NS(=O)(=O)O)[C@@H](O[C@H]7[C@H](O)[C@@H](O)[C@H](O[C@H]8[C@H](O)[C@@H](NS(=O)(=O)O)[C@@H](O)O[C@@H]8CO)O[C@H]7C(=O)O)O[C@@H]6CO)O[C@H]5C(=O)O)O[C@@H]4CO)O[C@H]3C(=O)O)O[C@@H]2CO)[C@H](O)[C@@H](O)[C@@H]1O. The molecular formula is C48H78N4O53S4. The second kappa shape index (κ2) is 36.1. The van der Waals surface area contributed by atoms with Crippen molar-refractivity contribution in [3.8, 4) is 0 Å².